The van der Waals surface area contributed by atoms with Gasteiger partial charge in [-0.1, -0.05) is 6.92 Å². The highest BCUT2D eigenvalue weighted by molar-refractivity contribution is 5.79. The van der Waals surface area contributed by atoms with E-state index in [4.69, 9.17) is 10.2 Å². The van der Waals surface area contributed by atoms with Crippen molar-refractivity contribution in [2.45, 2.75) is 32.7 Å². The molecule has 0 aliphatic rings. The summed E-state index contributed by atoms with van der Waals surface area (Å²) >= 11 is 0. The number of rotatable bonds is 5. The maximum absolute atomic E-state index is 9.97. The van der Waals surface area contributed by atoms with Gasteiger partial charge in [0.15, 0.2) is 0 Å². The number of aromatic nitrogens is 1. The van der Waals surface area contributed by atoms with Gasteiger partial charge in [-0.15, -0.1) is 0 Å². The Bertz CT molecular complexity index is 516. The number of pyridine rings is 1. The van der Waals surface area contributed by atoms with Crippen LogP contribution in [-0.2, 0) is 16.0 Å². The first-order valence-corrected chi connectivity index (χ1v) is 5.92. The smallest absolute Gasteiger partial charge is 0.379 e. The normalized spacial score (nSPS) is 11.0. The highest BCUT2D eigenvalue weighted by Crippen LogP contribution is 2.14. The van der Waals surface area contributed by atoms with E-state index in [2.05, 4.69) is 4.98 Å². The van der Waals surface area contributed by atoms with E-state index in [0.29, 0.717) is 5.75 Å². The van der Waals surface area contributed by atoms with Crippen molar-refractivity contribution in [3.05, 3.63) is 33.6 Å². The molecular weight excluding hydrogens is 284 g/mol. The average molecular weight is 300 g/mol. The molecule has 0 fully saturated rings. The summed E-state index contributed by atoms with van der Waals surface area (Å²) in [7, 11) is 0. The second-order valence-corrected chi connectivity index (χ2v) is 4.01. The fourth-order valence-corrected chi connectivity index (χ4v) is 1.28. The largest absolute Gasteiger partial charge is 0.506 e. The van der Waals surface area contributed by atoms with Gasteiger partial charge in [0.25, 0.3) is 0 Å². The zero-order valence-electron chi connectivity index (χ0n) is 11.5. The van der Waals surface area contributed by atoms with Crippen molar-refractivity contribution in [1.82, 2.24) is 4.98 Å². The molecule has 0 saturated heterocycles. The van der Waals surface area contributed by atoms with Crippen LogP contribution < -0.4 is 0 Å². The lowest BCUT2D eigenvalue weighted by atomic mass is 10.2. The van der Waals surface area contributed by atoms with Crippen molar-refractivity contribution in [1.29, 1.82) is 0 Å². The van der Waals surface area contributed by atoms with Gasteiger partial charge < -0.3 is 15.3 Å². The van der Waals surface area contributed by atoms with Gasteiger partial charge in [-0.05, 0) is 25.5 Å². The minimum absolute atomic E-state index is 0.299. The Balaban J connectivity index is 0.000000382. The standard InChI is InChI=1S/C8H11NO.C4H5NO6/c1-3-7-8(10)5-4-6(2)9-7;6-3(7)1-2(4(8)9)5(10)11/h4-5,10H,3H2,1-2H3;2H,1H2,(H,6,7)(H,8,9). The Labute approximate surface area is 120 Å². The molecule has 1 heterocycles. The monoisotopic (exact) mass is 300 g/mol. The number of aryl methyl sites for hydroxylation is 2. The Morgan fingerprint density at radius 1 is 1.38 bits per heavy atom. The third-order valence-corrected chi connectivity index (χ3v) is 2.33. The van der Waals surface area contributed by atoms with Crippen molar-refractivity contribution in [2.24, 2.45) is 0 Å². The molecular formula is C12H16N2O7. The number of aliphatic carboxylic acids is 2. The predicted molar refractivity (Wildman–Crippen MR) is 70.7 cm³/mol. The van der Waals surface area contributed by atoms with Crippen LogP contribution in [0.4, 0.5) is 0 Å². The number of carbonyl (C=O) groups is 2. The second-order valence-electron chi connectivity index (χ2n) is 4.01. The number of aromatic hydroxyl groups is 1. The van der Waals surface area contributed by atoms with Crippen molar-refractivity contribution < 1.29 is 29.8 Å². The number of carboxylic acid groups (broad SMARTS) is 2. The number of carboxylic acids is 2. The van der Waals surface area contributed by atoms with Gasteiger partial charge in [0.2, 0.25) is 0 Å². The van der Waals surface area contributed by atoms with Crippen molar-refractivity contribution in [3.63, 3.8) is 0 Å². The van der Waals surface area contributed by atoms with Crippen molar-refractivity contribution in [2.75, 3.05) is 0 Å². The summed E-state index contributed by atoms with van der Waals surface area (Å²) < 4.78 is 0. The van der Waals surface area contributed by atoms with E-state index in [-0.39, 0.29) is 0 Å². The van der Waals surface area contributed by atoms with Crippen LogP contribution in [0.15, 0.2) is 12.1 Å². The predicted octanol–water partition coefficient (Wildman–Crippen LogP) is 0.849. The lowest BCUT2D eigenvalue weighted by molar-refractivity contribution is -0.509. The molecule has 1 aromatic heterocycles. The first kappa shape index (κ1) is 18.3. The minimum Gasteiger partial charge on any atom is -0.506 e. The van der Waals surface area contributed by atoms with Gasteiger partial charge >= 0.3 is 18.0 Å². The van der Waals surface area contributed by atoms with Gasteiger partial charge in [-0.3, -0.25) is 19.9 Å². The van der Waals surface area contributed by atoms with Crippen LogP contribution in [-0.4, -0.2) is 43.2 Å². The topological polar surface area (TPSA) is 151 Å². The summed E-state index contributed by atoms with van der Waals surface area (Å²) in [6.07, 6.45) is -0.212. The van der Waals surface area contributed by atoms with Gasteiger partial charge in [0.05, 0.1) is 5.69 Å². The molecule has 1 rings (SSSR count). The van der Waals surface area contributed by atoms with Gasteiger partial charge in [-0.25, -0.2) is 4.79 Å². The second kappa shape index (κ2) is 8.46. The molecule has 1 unspecified atom stereocenters. The van der Waals surface area contributed by atoms with Crippen molar-refractivity contribution in [3.8, 4) is 5.75 Å². The number of nitro groups is 1. The first-order valence-electron chi connectivity index (χ1n) is 5.92. The van der Waals surface area contributed by atoms with E-state index in [0.717, 1.165) is 17.8 Å². The van der Waals surface area contributed by atoms with E-state index < -0.39 is 29.3 Å². The van der Waals surface area contributed by atoms with Gasteiger partial charge in [0, 0.05) is 10.6 Å². The molecule has 1 aromatic rings. The zero-order valence-corrected chi connectivity index (χ0v) is 11.5. The average Bonchev–Trinajstić information content (AvgIpc) is 2.38. The quantitative estimate of drug-likeness (QED) is 0.534. The molecule has 1 atom stereocenters. The highest BCUT2D eigenvalue weighted by atomic mass is 16.6. The Hall–Kier alpha value is -2.71. The molecule has 0 bridgehead atoms. The summed E-state index contributed by atoms with van der Waals surface area (Å²) in [5.74, 6) is -2.94. The zero-order chi connectivity index (χ0) is 16.6. The van der Waals surface area contributed by atoms with E-state index >= 15 is 0 Å². The van der Waals surface area contributed by atoms with Crippen LogP contribution in [0.5, 0.6) is 5.75 Å². The molecule has 0 aliphatic heterocycles. The van der Waals surface area contributed by atoms with E-state index in [1.54, 1.807) is 12.1 Å². The molecule has 21 heavy (non-hydrogen) atoms. The molecule has 9 heteroatoms. The third-order valence-electron chi connectivity index (χ3n) is 2.33. The molecule has 116 valence electrons. The van der Waals surface area contributed by atoms with E-state index in [1.165, 1.54) is 0 Å². The summed E-state index contributed by atoms with van der Waals surface area (Å²) in [4.78, 5) is 32.7. The summed E-state index contributed by atoms with van der Waals surface area (Å²) in [5.41, 5.74) is 1.73. The van der Waals surface area contributed by atoms with Gasteiger partial charge in [0.1, 0.15) is 12.2 Å². The van der Waals surface area contributed by atoms with Crippen LogP contribution in [0.25, 0.3) is 0 Å². The number of hydrogen-bond acceptors (Lipinski definition) is 6. The molecule has 9 nitrogen and oxygen atoms in total. The Morgan fingerprint density at radius 2 is 1.95 bits per heavy atom. The SMILES string of the molecule is CCc1nc(C)ccc1O.O=C(O)CC(C(=O)O)[N+](=O)[O-]. The summed E-state index contributed by atoms with van der Waals surface area (Å²) in [6, 6.07) is 1.43. The highest BCUT2D eigenvalue weighted by Gasteiger charge is 2.31. The van der Waals surface area contributed by atoms with Crippen LogP contribution in [0.1, 0.15) is 24.7 Å². The minimum atomic E-state index is -2.05. The number of hydrogen-bond donors (Lipinski definition) is 3. The third kappa shape index (κ3) is 6.85. The maximum atomic E-state index is 9.97. The molecule has 0 saturated carbocycles. The Morgan fingerprint density at radius 3 is 2.24 bits per heavy atom. The lowest BCUT2D eigenvalue weighted by Gasteiger charge is -1.99. The summed E-state index contributed by atoms with van der Waals surface area (Å²) in [6.45, 7) is 3.89. The fraction of sp³-hybridized carbons (Fsp3) is 0.417. The number of nitrogens with zero attached hydrogens (tertiary/aromatic N) is 2. The molecule has 0 amide bonds. The first-order chi connectivity index (χ1) is 9.68. The van der Waals surface area contributed by atoms with Crippen LogP contribution >= 0.6 is 0 Å². The molecule has 0 aromatic carbocycles. The van der Waals surface area contributed by atoms with Crippen molar-refractivity contribution >= 4 is 11.9 Å². The maximum Gasteiger partial charge on any atom is 0.379 e. The summed E-state index contributed by atoms with van der Waals surface area (Å²) in [5, 5.41) is 35.1. The molecule has 0 spiro atoms. The van der Waals surface area contributed by atoms with Crippen LogP contribution in [0.3, 0.4) is 0 Å². The van der Waals surface area contributed by atoms with Gasteiger partial charge in [-0.2, -0.15) is 0 Å². The van der Waals surface area contributed by atoms with E-state index in [1.807, 2.05) is 13.8 Å². The molecule has 0 aliphatic carbocycles. The van der Waals surface area contributed by atoms with Crippen LogP contribution in [0, 0.1) is 17.0 Å². The molecule has 3 N–H and O–H groups in total. The van der Waals surface area contributed by atoms with E-state index in [9.17, 15) is 24.8 Å². The van der Waals surface area contributed by atoms with Crippen LogP contribution in [0.2, 0.25) is 0 Å². The fourth-order valence-electron chi connectivity index (χ4n) is 1.28. The Kier molecular flexibility index (Phi) is 7.37. The molecule has 0 radical (unpaired) electrons. The lowest BCUT2D eigenvalue weighted by Crippen LogP contribution is -2.31.